The molecule has 3 heteroatoms. The maximum absolute atomic E-state index is 13.0. The van der Waals surface area contributed by atoms with Gasteiger partial charge in [0.2, 0.25) is 0 Å². The molecule has 1 aromatic carbocycles. The maximum atomic E-state index is 13.0. The highest BCUT2D eigenvalue weighted by Gasteiger charge is 2.27. The highest BCUT2D eigenvalue weighted by molar-refractivity contribution is 5.16. The predicted molar refractivity (Wildman–Crippen MR) is 82.2 cm³/mol. The van der Waals surface area contributed by atoms with Crippen molar-refractivity contribution in [3.63, 3.8) is 0 Å². The van der Waals surface area contributed by atoms with E-state index in [1.165, 1.54) is 37.7 Å². The van der Waals surface area contributed by atoms with Crippen LogP contribution in [0.4, 0.5) is 4.39 Å². The van der Waals surface area contributed by atoms with E-state index >= 15 is 0 Å². The monoisotopic (exact) mass is 278 g/mol. The van der Waals surface area contributed by atoms with Gasteiger partial charge < -0.3 is 5.32 Å². The Morgan fingerprint density at radius 1 is 1.20 bits per heavy atom. The summed E-state index contributed by atoms with van der Waals surface area (Å²) in [4.78, 5) is 2.43. The molecule has 2 atom stereocenters. The molecule has 0 heterocycles. The molecule has 0 amide bonds. The molecular weight excluding hydrogens is 251 g/mol. The van der Waals surface area contributed by atoms with Gasteiger partial charge in [0.1, 0.15) is 5.82 Å². The summed E-state index contributed by atoms with van der Waals surface area (Å²) in [6.45, 7) is 4.22. The van der Waals surface area contributed by atoms with Gasteiger partial charge >= 0.3 is 0 Å². The van der Waals surface area contributed by atoms with Crippen molar-refractivity contribution in [3.8, 4) is 0 Å². The molecule has 1 aliphatic rings. The van der Waals surface area contributed by atoms with Crippen LogP contribution < -0.4 is 5.32 Å². The van der Waals surface area contributed by atoms with Crippen LogP contribution in [-0.4, -0.2) is 30.6 Å². The number of hydrogen-bond donors (Lipinski definition) is 1. The van der Waals surface area contributed by atoms with Crippen molar-refractivity contribution in [1.82, 2.24) is 10.2 Å². The van der Waals surface area contributed by atoms with Gasteiger partial charge in [0, 0.05) is 18.6 Å². The Balaban J connectivity index is 1.94. The van der Waals surface area contributed by atoms with E-state index in [0.717, 1.165) is 13.1 Å². The van der Waals surface area contributed by atoms with E-state index in [9.17, 15) is 4.39 Å². The molecule has 112 valence electrons. The zero-order chi connectivity index (χ0) is 14.4. The Hall–Kier alpha value is -0.930. The summed E-state index contributed by atoms with van der Waals surface area (Å²) in [5.41, 5.74) is 1.19. The zero-order valence-corrected chi connectivity index (χ0v) is 12.7. The van der Waals surface area contributed by atoms with Crippen LogP contribution in [0, 0.1) is 5.82 Å². The SMILES string of the molecule is CCCNC1CCCCC1N(C)Cc1ccc(F)cc1. The van der Waals surface area contributed by atoms with Crippen molar-refractivity contribution in [1.29, 1.82) is 0 Å². The first-order valence-corrected chi connectivity index (χ1v) is 7.88. The molecule has 2 unspecified atom stereocenters. The van der Waals surface area contributed by atoms with Crippen molar-refractivity contribution in [2.75, 3.05) is 13.6 Å². The van der Waals surface area contributed by atoms with Crippen LogP contribution >= 0.6 is 0 Å². The third-order valence-electron chi connectivity index (χ3n) is 4.30. The van der Waals surface area contributed by atoms with E-state index in [1.54, 1.807) is 12.1 Å². The second-order valence-corrected chi connectivity index (χ2v) is 5.95. The molecular formula is C17H27FN2. The minimum atomic E-state index is -0.156. The lowest BCUT2D eigenvalue weighted by atomic mass is 9.89. The Labute approximate surface area is 122 Å². The number of hydrogen-bond acceptors (Lipinski definition) is 2. The molecule has 1 saturated carbocycles. The van der Waals surface area contributed by atoms with Crippen LogP contribution in [0.1, 0.15) is 44.6 Å². The normalized spacial score (nSPS) is 23.2. The van der Waals surface area contributed by atoms with Crippen molar-refractivity contribution in [2.24, 2.45) is 0 Å². The van der Waals surface area contributed by atoms with Gasteiger partial charge in [0.15, 0.2) is 0 Å². The molecule has 0 saturated heterocycles. The van der Waals surface area contributed by atoms with Crippen LogP contribution in [0.25, 0.3) is 0 Å². The van der Waals surface area contributed by atoms with Gasteiger partial charge in [-0.25, -0.2) is 4.39 Å². The first-order valence-electron chi connectivity index (χ1n) is 7.88. The van der Waals surface area contributed by atoms with Crippen molar-refractivity contribution in [2.45, 2.75) is 57.7 Å². The summed E-state index contributed by atoms with van der Waals surface area (Å²) >= 11 is 0. The third-order valence-corrected chi connectivity index (χ3v) is 4.30. The summed E-state index contributed by atoms with van der Waals surface area (Å²) in [5.74, 6) is -0.156. The quantitative estimate of drug-likeness (QED) is 0.856. The second-order valence-electron chi connectivity index (χ2n) is 5.95. The smallest absolute Gasteiger partial charge is 0.123 e. The highest BCUT2D eigenvalue weighted by atomic mass is 19.1. The number of nitrogens with zero attached hydrogens (tertiary/aromatic N) is 1. The van der Waals surface area contributed by atoms with Crippen LogP contribution in [0.2, 0.25) is 0 Å². The molecule has 0 bridgehead atoms. The lowest BCUT2D eigenvalue weighted by Crippen LogP contribution is -2.50. The highest BCUT2D eigenvalue weighted by Crippen LogP contribution is 2.23. The molecule has 0 spiro atoms. The molecule has 1 N–H and O–H groups in total. The fraction of sp³-hybridized carbons (Fsp3) is 0.647. The summed E-state index contributed by atoms with van der Waals surface area (Å²) in [6, 6.07) is 8.09. The predicted octanol–water partition coefficient (Wildman–Crippen LogP) is 3.57. The van der Waals surface area contributed by atoms with Gasteiger partial charge in [0.05, 0.1) is 0 Å². The van der Waals surface area contributed by atoms with Gasteiger partial charge in [0.25, 0.3) is 0 Å². The van der Waals surface area contributed by atoms with Gasteiger partial charge in [-0.1, -0.05) is 31.9 Å². The Kier molecular flexibility index (Phi) is 5.99. The number of benzene rings is 1. The molecule has 1 aromatic rings. The fourth-order valence-electron chi connectivity index (χ4n) is 3.20. The average Bonchev–Trinajstić information content (AvgIpc) is 2.47. The van der Waals surface area contributed by atoms with E-state index in [-0.39, 0.29) is 5.82 Å². The molecule has 2 rings (SSSR count). The molecule has 0 aromatic heterocycles. The summed E-state index contributed by atoms with van der Waals surface area (Å²) in [5, 5.41) is 3.70. The van der Waals surface area contributed by atoms with Gasteiger partial charge in [-0.2, -0.15) is 0 Å². The Bertz CT molecular complexity index is 390. The van der Waals surface area contributed by atoms with E-state index in [2.05, 4.69) is 24.2 Å². The lowest BCUT2D eigenvalue weighted by Gasteiger charge is -2.38. The topological polar surface area (TPSA) is 15.3 Å². The van der Waals surface area contributed by atoms with E-state index in [1.807, 2.05) is 12.1 Å². The molecule has 0 radical (unpaired) electrons. The molecule has 1 fully saturated rings. The lowest BCUT2D eigenvalue weighted by molar-refractivity contribution is 0.143. The fourth-order valence-corrected chi connectivity index (χ4v) is 3.20. The summed E-state index contributed by atoms with van der Waals surface area (Å²) in [6.07, 6.45) is 6.38. The first-order chi connectivity index (χ1) is 9.70. The molecule has 20 heavy (non-hydrogen) atoms. The van der Waals surface area contributed by atoms with Crippen LogP contribution in [0.5, 0.6) is 0 Å². The number of likely N-dealkylation sites (N-methyl/N-ethyl adjacent to an activating group) is 1. The number of rotatable bonds is 6. The van der Waals surface area contributed by atoms with Crippen molar-refractivity contribution < 1.29 is 4.39 Å². The maximum Gasteiger partial charge on any atom is 0.123 e. The van der Waals surface area contributed by atoms with Gasteiger partial charge in [-0.05, 0) is 50.6 Å². The van der Waals surface area contributed by atoms with Crippen molar-refractivity contribution in [3.05, 3.63) is 35.6 Å². The van der Waals surface area contributed by atoms with Gasteiger partial charge in [-0.3, -0.25) is 4.90 Å². The number of nitrogens with one attached hydrogen (secondary N) is 1. The van der Waals surface area contributed by atoms with Gasteiger partial charge in [-0.15, -0.1) is 0 Å². The first kappa shape index (κ1) is 15.5. The summed E-state index contributed by atoms with van der Waals surface area (Å²) in [7, 11) is 2.19. The van der Waals surface area contributed by atoms with Crippen LogP contribution in [0.3, 0.4) is 0 Å². The zero-order valence-electron chi connectivity index (χ0n) is 12.7. The standard InChI is InChI=1S/C17H27FN2/c1-3-12-19-16-6-4-5-7-17(16)20(2)13-14-8-10-15(18)11-9-14/h8-11,16-17,19H,3-7,12-13H2,1-2H3. The van der Waals surface area contributed by atoms with Crippen LogP contribution in [-0.2, 0) is 6.54 Å². The summed E-state index contributed by atoms with van der Waals surface area (Å²) < 4.78 is 13.0. The number of halogens is 1. The second kappa shape index (κ2) is 7.75. The van der Waals surface area contributed by atoms with E-state index in [4.69, 9.17) is 0 Å². The van der Waals surface area contributed by atoms with Crippen molar-refractivity contribution >= 4 is 0 Å². The Morgan fingerprint density at radius 3 is 2.60 bits per heavy atom. The molecule has 2 nitrogen and oxygen atoms in total. The Morgan fingerprint density at radius 2 is 1.90 bits per heavy atom. The largest absolute Gasteiger partial charge is 0.312 e. The molecule has 0 aliphatic heterocycles. The van der Waals surface area contributed by atoms with E-state index in [0.29, 0.717) is 12.1 Å². The molecule has 1 aliphatic carbocycles. The third kappa shape index (κ3) is 4.29. The van der Waals surface area contributed by atoms with Crippen LogP contribution in [0.15, 0.2) is 24.3 Å². The van der Waals surface area contributed by atoms with E-state index < -0.39 is 0 Å². The average molecular weight is 278 g/mol. The minimum Gasteiger partial charge on any atom is -0.312 e. The minimum absolute atomic E-state index is 0.156.